The molecular weight excluding hydrogens is 167 g/mol. The summed E-state index contributed by atoms with van der Waals surface area (Å²) in [6.45, 7) is 5.66. The zero-order valence-corrected chi connectivity index (χ0v) is 8.10. The number of benzene rings is 1. The third kappa shape index (κ3) is 1.94. The first-order chi connectivity index (χ1) is 5.96. The summed E-state index contributed by atoms with van der Waals surface area (Å²) >= 11 is 0. The minimum absolute atomic E-state index is 0.308. The quantitative estimate of drug-likeness (QED) is 0.607. The van der Waals surface area contributed by atoms with Crippen LogP contribution >= 0.6 is 0 Å². The lowest BCUT2D eigenvalue weighted by molar-refractivity contribution is 0.112. The highest BCUT2D eigenvalue weighted by Gasteiger charge is 2.21. The van der Waals surface area contributed by atoms with Crippen molar-refractivity contribution >= 4 is 6.29 Å². The highest BCUT2D eigenvalue weighted by molar-refractivity contribution is 5.78. The highest BCUT2D eigenvalue weighted by Crippen LogP contribution is 2.27. The van der Waals surface area contributed by atoms with Gasteiger partial charge in [-0.2, -0.15) is 0 Å². The molecule has 0 radical (unpaired) electrons. The minimum atomic E-state index is -0.332. The standard InChI is InChI=1S/C11H13FO/c1-11(2,3)10-8(7-13)5-4-6-9(10)12/h4-7H,1-3H3. The van der Waals surface area contributed by atoms with Crippen LogP contribution in [0.2, 0.25) is 0 Å². The average Bonchev–Trinajstić information content (AvgIpc) is 2.01. The van der Waals surface area contributed by atoms with E-state index in [1.54, 1.807) is 12.1 Å². The van der Waals surface area contributed by atoms with E-state index in [2.05, 4.69) is 0 Å². The van der Waals surface area contributed by atoms with Gasteiger partial charge in [-0.05, 0) is 11.5 Å². The normalized spacial score (nSPS) is 11.4. The SMILES string of the molecule is CC(C)(C)c1c(F)cccc1C=O. The second-order valence-corrected chi connectivity index (χ2v) is 4.07. The lowest BCUT2D eigenvalue weighted by atomic mass is 9.83. The molecule has 0 atom stereocenters. The van der Waals surface area contributed by atoms with Gasteiger partial charge in [0, 0.05) is 11.1 Å². The molecule has 0 amide bonds. The van der Waals surface area contributed by atoms with Gasteiger partial charge in [0.05, 0.1) is 0 Å². The molecule has 1 aromatic carbocycles. The summed E-state index contributed by atoms with van der Waals surface area (Å²) in [6.07, 6.45) is 0.698. The van der Waals surface area contributed by atoms with Crippen LogP contribution in [0.25, 0.3) is 0 Å². The first-order valence-corrected chi connectivity index (χ1v) is 4.21. The first kappa shape index (κ1) is 9.90. The van der Waals surface area contributed by atoms with E-state index in [0.29, 0.717) is 17.4 Å². The number of aldehydes is 1. The molecule has 0 N–H and O–H groups in total. The Balaban J connectivity index is 3.40. The van der Waals surface area contributed by atoms with Crippen molar-refractivity contribution in [3.8, 4) is 0 Å². The summed E-state index contributed by atoms with van der Waals surface area (Å²) < 4.78 is 13.4. The Morgan fingerprint density at radius 3 is 2.31 bits per heavy atom. The molecule has 13 heavy (non-hydrogen) atoms. The molecule has 0 aliphatic carbocycles. The summed E-state index contributed by atoms with van der Waals surface area (Å²) in [5.41, 5.74) is 0.596. The molecule has 0 fully saturated rings. The van der Waals surface area contributed by atoms with Crippen molar-refractivity contribution in [3.05, 3.63) is 35.1 Å². The number of rotatable bonds is 1. The third-order valence-electron chi connectivity index (χ3n) is 1.92. The fourth-order valence-corrected chi connectivity index (χ4v) is 1.43. The van der Waals surface area contributed by atoms with Gasteiger partial charge in [0.2, 0.25) is 0 Å². The van der Waals surface area contributed by atoms with E-state index < -0.39 is 0 Å². The van der Waals surface area contributed by atoms with Crippen molar-refractivity contribution in [2.75, 3.05) is 0 Å². The number of halogens is 1. The molecule has 0 heterocycles. The Hall–Kier alpha value is -1.18. The average molecular weight is 180 g/mol. The molecule has 0 bridgehead atoms. The molecule has 70 valence electrons. The smallest absolute Gasteiger partial charge is 0.150 e. The van der Waals surface area contributed by atoms with E-state index in [-0.39, 0.29) is 11.2 Å². The Labute approximate surface area is 77.6 Å². The van der Waals surface area contributed by atoms with Crippen LogP contribution in [0.3, 0.4) is 0 Å². The van der Waals surface area contributed by atoms with E-state index in [1.165, 1.54) is 6.07 Å². The molecule has 1 rings (SSSR count). The molecule has 0 saturated carbocycles. The van der Waals surface area contributed by atoms with Gasteiger partial charge in [0.1, 0.15) is 12.1 Å². The van der Waals surface area contributed by atoms with Crippen molar-refractivity contribution in [2.24, 2.45) is 0 Å². The molecule has 0 aromatic heterocycles. The van der Waals surface area contributed by atoms with E-state index >= 15 is 0 Å². The van der Waals surface area contributed by atoms with Gasteiger partial charge in [-0.1, -0.05) is 32.9 Å². The molecule has 1 nitrogen and oxygen atoms in total. The first-order valence-electron chi connectivity index (χ1n) is 4.21. The monoisotopic (exact) mass is 180 g/mol. The maximum absolute atomic E-state index is 13.4. The van der Waals surface area contributed by atoms with Gasteiger partial charge in [-0.3, -0.25) is 4.79 Å². The molecule has 1 aromatic rings. The number of carbonyl (C=O) groups is 1. The van der Waals surface area contributed by atoms with Crippen LogP contribution in [-0.2, 0) is 5.41 Å². The van der Waals surface area contributed by atoms with Crippen LogP contribution in [0.5, 0.6) is 0 Å². The Morgan fingerprint density at radius 2 is 1.92 bits per heavy atom. The summed E-state index contributed by atoms with van der Waals surface area (Å²) in [7, 11) is 0. The molecule has 0 spiro atoms. The van der Waals surface area contributed by atoms with Gasteiger partial charge in [-0.25, -0.2) is 4.39 Å². The lowest BCUT2D eigenvalue weighted by Gasteiger charge is -2.21. The van der Waals surface area contributed by atoms with Crippen molar-refractivity contribution in [1.82, 2.24) is 0 Å². The second kappa shape index (κ2) is 3.29. The molecular formula is C11H13FO. The zero-order chi connectivity index (χ0) is 10.1. The van der Waals surface area contributed by atoms with Crippen molar-refractivity contribution in [1.29, 1.82) is 0 Å². The molecule has 0 saturated heterocycles. The maximum atomic E-state index is 13.4. The third-order valence-corrected chi connectivity index (χ3v) is 1.92. The van der Waals surface area contributed by atoms with Crippen LogP contribution in [-0.4, -0.2) is 6.29 Å². The topological polar surface area (TPSA) is 17.1 Å². The van der Waals surface area contributed by atoms with Crippen LogP contribution in [0.4, 0.5) is 4.39 Å². The molecule has 0 aliphatic heterocycles. The summed E-state index contributed by atoms with van der Waals surface area (Å²) in [5, 5.41) is 0. The van der Waals surface area contributed by atoms with Gasteiger partial charge in [-0.15, -0.1) is 0 Å². The van der Waals surface area contributed by atoms with Crippen molar-refractivity contribution in [2.45, 2.75) is 26.2 Å². The van der Waals surface area contributed by atoms with E-state index in [4.69, 9.17) is 0 Å². The fourth-order valence-electron chi connectivity index (χ4n) is 1.43. The molecule has 0 aliphatic rings. The zero-order valence-electron chi connectivity index (χ0n) is 8.10. The number of carbonyl (C=O) groups excluding carboxylic acids is 1. The van der Waals surface area contributed by atoms with Gasteiger partial charge in [0.15, 0.2) is 0 Å². The van der Waals surface area contributed by atoms with Crippen molar-refractivity contribution in [3.63, 3.8) is 0 Å². The Bertz CT molecular complexity index is 323. The van der Waals surface area contributed by atoms with Crippen LogP contribution in [0.1, 0.15) is 36.7 Å². The predicted octanol–water partition coefficient (Wildman–Crippen LogP) is 2.94. The molecule has 0 unspecified atom stereocenters. The number of hydrogen-bond acceptors (Lipinski definition) is 1. The Kier molecular flexibility index (Phi) is 2.50. The lowest BCUT2D eigenvalue weighted by Crippen LogP contribution is -2.16. The molecule has 2 heteroatoms. The van der Waals surface area contributed by atoms with E-state index in [9.17, 15) is 9.18 Å². The van der Waals surface area contributed by atoms with E-state index in [1.807, 2.05) is 20.8 Å². The van der Waals surface area contributed by atoms with Crippen molar-refractivity contribution < 1.29 is 9.18 Å². The second-order valence-electron chi connectivity index (χ2n) is 4.07. The maximum Gasteiger partial charge on any atom is 0.150 e. The van der Waals surface area contributed by atoms with Crippen LogP contribution in [0, 0.1) is 5.82 Å². The Morgan fingerprint density at radius 1 is 1.31 bits per heavy atom. The van der Waals surface area contributed by atoms with Gasteiger partial charge in [0.25, 0.3) is 0 Å². The van der Waals surface area contributed by atoms with Crippen LogP contribution < -0.4 is 0 Å². The predicted molar refractivity (Wildman–Crippen MR) is 50.5 cm³/mol. The summed E-state index contributed by atoms with van der Waals surface area (Å²) in [5.74, 6) is -0.308. The largest absolute Gasteiger partial charge is 0.298 e. The van der Waals surface area contributed by atoms with Gasteiger partial charge >= 0.3 is 0 Å². The van der Waals surface area contributed by atoms with Crippen LogP contribution in [0.15, 0.2) is 18.2 Å². The minimum Gasteiger partial charge on any atom is -0.298 e. The van der Waals surface area contributed by atoms with E-state index in [0.717, 1.165) is 0 Å². The van der Waals surface area contributed by atoms with Gasteiger partial charge < -0.3 is 0 Å². The fraction of sp³-hybridized carbons (Fsp3) is 0.364. The summed E-state index contributed by atoms with van der Waals surface area (Å²) in [4.78, 5) is 10.7. The highest BCUT2D eigenvalue weighted by atomic mass is 19.1. The summed E-state index contributed by atoms with van der Waals surface area (Å²) in [6, 6.07) is 4.57. The number of hydrogen-bond donors (Lipinski definition) is 0.